The molecule has 10 heteroatoms. The van der Waals surface area contributed by atoms with Crippen LogP contribution in [0.15, 0.2) is 43.4 Å². The molecule has 35 heavy (non-hydrogen) atoms. The van der Waals surface area contributed by atoms with Crippen LogP contribution >= 0.6 is 11.6 Å². The van der Waals surface area contributed by atoms with Crippen LogP contribution in [0.1, 0.15) is 42.1 Å². The van der Waals surface area contributed by atoms with E-state index in [-0.39, 0.29) is 11.5 Å². The van der Waals surface area contributed by atoms with E-state index in [4.69, 9.17) is 16.8 Å². The van der Waals surface area contributed by atoms with E-state index in [0.717, 1.165) is 37.2 Å². The summed E-state index contributed by atoms with van der Waals surface area (Å²) in [4.78, 5) is 38.7. The predicted octanol–water partition coefficient (Wildman–Crippen LogP) is 3.53. The van der Waals surface area contributed by atoms with Crippen LogP contribution in [0.25, 0.3) is 0 Å². The summed E-state index contributed by atoms with van der Waals surface area (Å²) >= 11 is 6.25. The first-order chi connectivity index (χ1) is 16.9. The highest BCUT2D eigenvalue weighted by Crippen LogP contribution is 2.26. The zero-order valence-electron chi connectivity index (χ0n) is 20.3. The molecule has 1 aromatic heterocycles. The molecule has 2 aromatic rings. The molecule has 0 aliphatic carbocycles. The van der Waals surface area contributed by atoms with Gasteiger partial charge in [0.05, 0.1) is 5.56 Å². The summed E-state index contributed by atoms with van der Waals surface area (Å²) in [6, 6.07) is 5.80. The first kappa shape index (κ1) is 26.4. The maximum Gasteiger partial charge on any atom is 0.277 e. The Bertz CT molecular complexity index is 1020. The number of carbonyl (C=O) groups is 2. The molecule has 1 aromatic carbocycles. The first-order valence-corrected chi connectivity index (χ1v) is 12.2. The number of hydroxylamine groups is 1. The monoisotopic (exact) mass is 500 g/mol. The minimum Gasteiger partial charge on any atom is -0.351 e. The first-order valence-electron chi connectivity index (χ1n) is 11.8. The summed E-state index contributed by atoms with van der Waals surface area (Å²) in [7, 11) is 1.95. The number of aromatic nitrogens is 2. The fourth-order valence-electron chi connectivity index (χ4n) is 4.29. The molecule has 1 fully saturated rings. The Morgan fingerprint density at radius 2 is 1.97 bits per heavy atom. The van der Waals surface area contributed by atoms with Gasteiger partial charge in [-0.15, -0.1) is 0 Å². The molecule has 0 saturated carbocycles. The number of hydrogen-bond acceptors (Lipinski definition) is 7. The summed E-state index contributed by atoms with van der Waals surface area (Å²) < 4.78 is 0. The predicted molar refractivity (Wildman–Crippen MR) is 137 cm³/mol. The van der Waals surface area contributed by atoms with Crippen molar-refractivity contribution in [2.45, 2.75) is 32.6 Å². The quantitative estimate of drug-likeness (QED) is 0.380. The van der Waals surface area contributed by atoms with Crippen molar-refractivity contribution in [2.24, 2.45) is 5.92 Å². The van der Waals surface area contributed by atoms with Gasteiger partial charge in [-0.3, -0.25) is 14.8 Å². The molecular formula is C25H33ClN6O3. The van der Waals surface area contributed by atoms with Gasteiger partial charge in [-0.2, -0.15) is 0 Å². The van der Waals surface area contributed by atoms with Crippen LogP contribution in [0.3, 0.4) is 0 Å². The Hall–Kier alpha value is -3.17. The Kier molecular flexibility index (Phi) is 9.45. The lowest BCUT2D eigenvalue weighted by Gasteiger charge is -2.35. The van der Waals surface area contributed by atoms with Crippen molar-refractivity contribution in [3.8, 4) is 0 Å². The van der Waals surface area contributed by atoms with Crippen LogP contribution in [-0.4, -0.2) is 65.1 Å². The van der Waals surface area contributed by atoms with Gasteiger partial charge in [0, 0.05) is 62.8 Å². The lowest BCUT2D eigenvalue weighted by atomic mass is 9.96. The van der Waals surface area contributed by atoms with Crippen molar-refractivity contribution in [3.05, 3.63) is 59.5 Å². The molecule has 2 heterocycles. The number of hydrogen-bond donors (Lipinski definition) is 2. The number of piperidine rings is 1. The summed E-state index contributed by atoms with van der Waals surface area (Å²) in [6.45, 7) is 8.62. The zero-order valence-corrected chi connectivity index (χ0v) is 21.0. The summed E-state index contributed by atoms with van der Waals surface area (Å²) in [6.07, 6.45) is 7.56. The normalized spacial score (nSPS) is 13.9. The van der Waals surface area contributed by atoms with Gasteiger partial charge in [0.1, 0.15) is 0 Å². The molecule has 0 unspecified atom stereocenters. The summed E-state index contributed by atoms with van der Waals surface area (Å²) in [5.41, 5.74) is 3.89. The van der Waals surface area contributed by atoms with Gasteiger partial charge in [-0.25, -0.2) is 15.4 Å². The van der Waals surface area contributed by atoms with Crippen molar-refractivity contribution in [3.63, 3.8) is 0 Å². The highest BCUT2D eigenvalue weighted by Gasteiger charge is 2.25. The van der Waals surface area contributed by atoms with E-state index in [9.17, 15) is 9.59 Å². The van der Waals surface area contributed by atoms with Gasteiger partial charge in [-0.1, -0.05) is 25.1 Å². The average Bonchev–Trinajstić information content (AvgIpc) is 2.90. The Labute approximate surface area is 211 Å². The van der Waals surface area contributed by atoms with Crippen LogP contribution in [0.5, 0.6) is 0 Å². The van der Waals surface area contributed by atoms with Crippen molar-refractivity contribution in [1.82, 2.24) is 20.3 Å². The van der Waals surface area contributed by atoms with Crippen molar-refractivity contribution < 1.29 is 14.8 Å². The molecular weight excluding hydrogens is 468 g/mol. The minimum atomic E-state index is -0.642. The highest BCUT2D eigenvalue weighted by atomic mass is 35.5. The molecule has 0 spiro atoms. The summed E-state index contributed by atoms with van der Waals surface area (Å²) in [5.74, 6) is 0.446. The number of nitrogens with zero attached hydrogens (tertiary/aromatic N) is 5. The largest absolute Gasteiger partial charge is 0.351 e. The fraction of sp³-hybridized carbons (Fsp3) is 0.440. The molecule has 3 rings (SSSR count). The van der Waals surface area contributed by atoms with Crippen molar-refractivity contribution in [1.29, 1.82) is 0 Å². The zero-order chi connectivity index (χ0) is 25.4. The molecule has 1 saturated heterocycles. The van der Waals surface area contributed by atoms with Crippen LogP contribution in [-0.2, 0) is 11.2 Å². The molecule has 0 bridgehead atoms. The highest BCUT2D eigenvalue weighted by molar-refractivity contribution is 6.30. The third kappa shape index (κ3) is 6.93. The van der Waals surface area contributed by atoms with Gasteiger partial charge in [0.25, 0.3) is 5.91 Å². The van der Waals surface area contributed by atoms with Crippen LogP contribution < -0.4 is 15.3 Å². The lowest BCUT2D eigenvalue weighted by molar-refractivity contribution is -0.131. The number of carbonyl (C=O) groups excluding carboxylic acids is 2. The maximum absolute atomic E-state index is 12.7. The molecule has 2 amide bonds. The SMILES string of the molecule is C=CN(C)c1ccc(Cl)cc1CCN(CC1CCN(c2ncc(C(=O)NO)cn2)CC1)C(=O)CC. The number of halogens is 1. The van der Waals surface area contributed by atoms with E-state index >= 15 is 0 Å². The van der Waals surface area contributed by atoms with Crippen LogP contribution in [0.2, 0.25) is 5.02 Å². The number of nitrogens with one attached hydrogen (secondary N) is 1. The number of rotatable bonds is 10. The van der Waals surface area contributed by atoms with E-state index in [1.165, 1.54) is 12.4 Å². The summed E-state index contributed by atoms with van der Waals surface area (Å²) in [5, 5.41) is 9.40. The molecule has 1 aliphatic heterocycles. The topological polar surface area (TPSA) is 102 Å². The maximum atomic E-state index is 12.7. The number of anilines is 2. The second-order valence-electron chi connectivity index (χ2n) is 8.65. The van der Waals surface area contributed by atoms with Crippen molar-refractivity contribution in [2.75, 3.05) is 43.0 Å². The third-order valence-electron chi connectivity index (χ3n) is 6.38. The Morgan fingerprint density at radius 3 is 2.57 bits per heavy atom. The molecule has 1 aliphatic rings. The Morgan fingerprint density at radius 1 is 1.29 bits per heavy atom. The van der Waals surface area contributed by atoms with Crippen molar-refractivity contribution >= 4 is 35.1 Å². The third-order valence-corrected chi connectivity index (χ3v) is 6.61. The van der Waals surface area contributed by atoms with Gasteiger partial charge in [-0.05, 0) is 55.1 Å². The molecule has 188 valence electrons. The van der Waals surface area contributed by atoms with E-state index in [0.29, 0.717) is 42.8 Å². The lowest BCUT2D eigenvalue weighted by Crippen LogP contribution is -2.42. The molecule has 2 N–H and O–H groups in total. The standard InChI is InChI=1S/C25H33ClN6O3/c1-4-23(33)32(13-10-19-14-21(26)6-7-22(19)30(3)5-2)17-18-8-11-31(12-9-18)25-27-15-20(16-28-25)24(34)29-35/h5-7,14-16,18,35H,2,4,8-13,17H2,1,3H3,(H,29,34). The van der Waals surface area contributed by atoms with Gasteiger partial charge >= 0.3 is 0 Å². The van der Waals surface area contributed by atoms with E-state index in [1.807, 2.05) is 42.0 Å². The van der Waals surface area contributed by atoms with Gasteiger partial charge < -0.3 is 14.7 Å². The molecule has 0 atom stereocenters. The Balaban J connectivity index is 1.59. The second-order valence-corrected chi connectivity index (χ2v) is 9.09. The van der Waals surface area contributed by atoms with E-state index in [1.54, 1.807) is 11.7 Å². The van der Waals surface area contributed by atoms with Crippen LogP contribution in [0, 0.1) is 5.92 Å². The van der Waals surface area contributed by atoms with E-state index in [2.05, 4.69) is 21.4 Å². The second kappa shape index (κ2) is 12.5. The minimum absolute atomic E-state index is 0.147. The number of amides is 2. The average molecular weight is 501 g/mol. The van der Waals surface area contributed by atoms with Crippen LogP contribution in [0.4, 0.5) is 11.6 Å². The smallest absolute Gasteiger partial charge is 0.277 e. The number of benzene rings is 1. The van der Waals surface area contributed by atoms with E-state index < -0.39 is 5.91 Å². The molecule has 0 radical (unpaired) electrons. The van der Waals surface area contributed by atoms with Gasteiger partial charge in [0.2, 0.25) is 11.9 Å². The molecule has 9 nitrogen and oxygen atoms in total. The fourth-order valence-corrected chi connectivity index (χ4v) is 4.48. The van der Waals surface area contributed by atoms with Gasteiger partial charge in [0.15, 0.2) is 0 Å².